The number of hydrogen-bond acceptors (Lipinski definition) is 4. The summed E-state index contributed by atoms with van der Waals surface area (Å²) in [5.74, 6) is 1.83. The van der Waals surface area contributed by atoms with Crippen LogP contribution in [0.4, 0.5) is 0 Å². The maximum absolute atomic E-state index is 12.7. The molecule has 128 valence electrons. The number of hydrogen-bond donors (Lipinski definition) is 1. The zero-order valence-electron chi connectivity index (χ0n) is 13.7. The first kappa shape index (κ1) is 17.9. The van der Waals surface area contributed by atoms with Crippen LogP contribution in [0, 0.1) is 5.92 Å². The van der Waals surface area contributed by atoms with Crippen LogP contribution in [0.2, 0.25) is 0 Å². The monoisotopic (exact) mass is 340 g/mol. The van der Waals surface area contributed by atoms with Gasteiger partial charge < -0.3 is 19.7 Å². The van der Waals surface area contributed by atoms with Crippen molar-refractivity contribution in [1.82, 2.24) is 10.2 Å². The van der Waals surface area contributed by atoms with Crippen LogP contribution in [0.25, 0.3) is 0 Å². The lowest BCUT2D eigenvalue weighted by Crippen LogP contribution is -2.47. The summed E-state index contributed by atoms with van der Waals surface area (Å²) in [5.41, 5.74) is 1.06. The Morgan fingerprint density at radius 3 is 2.74 bits per heavy atom. The Morgan fingerprint density at radius 1 is 1.35 bits per heavy atom. The lowest BCUT2D eigenvalue weighted by molar-refractivity contribution is -0.138. The molecule has 1 atom stereocenters. The van der Waals surface area contributed by atoms with Crippen molar-refractivity contribution < 1.29 is 14.3 Å². The Balaban J connectivity index is 0.00000192. The normalized spacial score (nSPS) is 21.0. The maximum atomic E-state index is 12.7. The average Bonchev–Trinajstić information content (AvgIpc) is 2.60. The Labute approximate surface area is 143 Å². The summed E-state index contributed by atoms with van der Waals surface area (Å²) in [5, 5.41) is 3.29. The third kappa shape index (κ3) is 3.90. The van der Waals surface area contributed by atoms with E-state index in [-0.39, 0.29) is 24.2 Å². The molecule has 1 aromatic carbocycles. The summed E-state index contributed by atoms with van der Waals surface area (Å²) in [7, 11) is 3.64. The molecule has 0 spiro atoms. The van der Waals surface area contributed by atoms with Gasteiger partial charge in [-0.15, -0.1) is 12.4 Å². The lowest BCUT2D eigenvalue weighted by Gasteiger charge is -2.35. The lowest BCUT2D eigenvalue weighted by atomic mass is 9.94. The highest BCUT2D eigenvalue weighted by Crippen LogP contribution is 2.31. The van der Waals surface area contributed by atoms with Crippen LogP contribution in [0.3, 0.4) is 0 Å². The Kier molecular flexibility index (Phi) is 6.13. The van der Waals surface area contributed by atoms with E-state index >= 15 is 0 Å². The van der Waals surface area contributed by atoms with Crippen molar-refractivity contribution in [1.29, 1.82) is 0 Å². The van der Waals surface area contributed by atoms with Gasteiger partial charge in [0, 0.05) is 19.1 Å². The number of carbonyl (C=O) groups excluding carboxylic acids is 1. The summed E-state index contributed by atoms with van der Waals surface area (Å²) in [6.45, 7) is 2.15. The highest BCUT2D eigenvalue weighted by molar-refractivity contribution is 5.85. The highest BCUT2D eigenvalue weighted by atomic mass is 35.5. The van der Waals surface area contributed by atoms with E-state index in [9.17, 15) is 4.79 Å². The van der Waals surface area contributed by atoms with Crippen molar-refractivity contribution in [2.45, 2.75) is 25.3 Å². The van der Waals surface area contributed by atoms with Crippen LogP contribution in [-0.2, 0) is 11.2 Å². The largest absolute Gasteiger partial charge is 0.497 e. The van der Waals surface area contributed by atoms with Crippen molar-refractivity contribution >= 4 is 18.3 Å². The summed E-state index contributed by atoms with van der Waals surface area (Å²) in [6.07, 6.45) is 2.79. The van der Waals surface area contributed by atoms with Crippen molar-refractivity contribution in [3.63, 3.8) is 0 Å². The summed E-state index contributed by atoms with van der Waals surface area (Å²) in [4.78, 5) is 14.7. The molecule has 5 nitrogen and oxygen atoms in total. The van der Waals surface area contributed by atoms with E-state index in [2.05, 4.69) is 5.32 Å². The van der Waals surface area contributed by atoms with Gasteiger partial charge in [-0.3, -0.25) is 4.79 Å². The number of methoxy groups -OCH3 is 1. The minimum atomic E-state index is -0.0780. The van der Waals surface area contributed by atoms with E-state index in [0.29, 0.717) is 12.6 Å². The maximum Gasteiger partial charge on any atom is 0.229 e. The predicted octanol–water partition coefficient (Wildman–Crippen LogP) is 1.88. The van der Waals surface area contributed by atoms with Crippen LogP contribution < -0.4 is 14.8 Å². The van der Waals surface area contributed by atoms with Crippen LogP contribution >= 0.6 is 12.4 Å². The fourth-order valence-electron chi connectivity index (χ4n) is 3.30. The van der Waals surface area contributed by atoms with Crippen LogP contribution in [0.1, 0.15) is 18.4 Å². The molecular formula is C17H25ClN2O3. The number of nitrogens with one attached hydrogen (secondary N) is 1. The smallest absolute Gasteiger partial charge is 0.229 e. The molecular weight excluding hydrogens is 316 g/mol. The number of rotatable bonds is 3. The number of ether oxygens (including phenoxy) is 2. The van der Waals surface area contributed by atoms with Gasteiger partial charge in [0.2, 0.25) is 5.91 Å². The molecule has 3 rings (SSSR count). The Morgan fingerprint density at radius 2 is 2.09 bits per heavy atom. The van der Waals surface area contributed by atoms with Gasteiger partial charge in [-0.05, 0) is 50.1 Å². The second kappa shape index (κ2) is 7.88. The molecule has 23 heavy (non-hydrogen) atoms. The molecule has 1 unspecified atom stereocenters. The number of amides is 1. The highest BCUT2D eigenvalue weighted by Gasteiger charge is 2.31. The molecule has 2 aliphatic rings. The first-order valence-electron chi connectivity index (χ1n) is 7.97. The molecule has 2 aliphatic heterocycles. The number of carbonyl (C=O) groups is 1. The predicted molar refractivity (Wildman–Crippen MR) is 91.6 cm³/mol. The van der Waals surface area contributed by atoms with Crippen molar-refractivity contribution in [3.05, 3.63) is 23.8 Å². The quantitative estimate of drug-likeness (QED) is 0.912. The molecule has 2 heterocycles. The van der Waals surface area contributed by atoms with E-state index in [0.717, 1.165) is 49.4 Å². The molecule has 1 saturated heterocycles. The van der Waals surface area contributed by atoms with E-state index in [1.54, 1.807) is 7.11 Å². The van der Waals surface area contributed by atoms with E-state index in [4.69, 9.17) is 9.47 Å². The van der Waals surface area contributed by atoms with Gasteiger partial charge in [0.1, 0.15) is 18.1 Å². The van der Waals surface area contributed by atoms with E-state index in [1.165, 1.54) is 0 Å². The number of piperidine rings is 1. The van der Waals surface area contributed by atoms with Crippen molar-refractivity contribution in [3.8, 4) is 11.5 Å². The minimum absolute atomic E-state index is 0. The molecule has 1 amide bonds. The number of nitrogens with zero attached hydrogens (tertiary/aromatic N) is 1. The van der Waals surface area contributed by atoms with Gasteiger partial charge in [-0.1, -0.05) is 0 Å². The first-order valence-corrected chi connectivity index (χ1v) is 7.97. The zero-order chi connectivity index (χ0) is 15.5. The second-order valence-electron chi connectivity index (χ2n) is 6.07. The van der Waals surface area contributed by atoms with Crippen LogP contribution in [-0.4, -0.2) is 50.7 Å². The number of halogens is 1. The zero-order valence-corrected chi connectivity index (χ0v) is 14.5. The van der Waals surface area contributed by atoms with Gasteiger partial charge in [0.25, 0.3) is 0 Å². The Bertz CT molecular complexity index is 545. The topological polar surface area (TPSA) is 50.8 Å². The van der Waals surface area contributed by atoms with Gasteiger partial charge in [0.05, 0.1) is 13.0 Å². The van der Waals surface area contributed by atoms with Gasteiger partial charge in [-0.25, -0.2) is 0 Å². The van der Waals surface area contributed by atoms with Gasteiger partial charge in [-0.2, -0.15) is 0 Å². The van der Waals surface area contributed by atoms with Gasteiger partial charge >= 0.3 is 0 Å². The SMILES string of the molecule is CNC1CCN(C(=O)C2COc3ccc(OC)cc3C2)CC1.Cl. The number of benzene rings is 1. The standard InChI is InChI=1S/C17H24N2O3.ClH/c1-18-14-5-7-19(8-6-14)17(20)13-9-12-10-15(21-2)3-4-16(12)22-11-13;/h3-4,10,13-14,18H,5-9,11H2,1-2H3;1H. The molecule has 1 N–H and O–H groups in total. The summed E-state index contributed by atoms with van der Waals surface area (Å²) >= 11 is 0. The molecule has 6 heteroatoms. The summed E-state index contributed by atoms with van der Waals surface area (Å²) < 4.78 is 11.0. The molecule has 0 saturated carbocycles. The third-order valence-electron chi connectivity index (χ3n) is 4.74. The van der Waals surface area contributed by atoms with Crippen LogP contribution in [0.15, 0.2) is 18.2 Å². The third-order valence-corrected chi connectivity index (χ3v) is 4.74. The second-order valence-corrected chi connectivity index (χ2v) is 6.07. The molecule has 0 bridgehead atoms. The molecule has 1 fully saturated rings. The molecule has 0 aromatic heterocycles. The van der Waals surface area contributed by atoms with Crippen LogP contribution in [0.5, 0.6) is 11.5 Å². The fourth-order valence-corrected chi connectivity index (χ4v) is 3.30. The van der Waals surface area contributed by atoms with Crippen molar-refractivity contribution in [2.24, 2.45) is 5.92 Å². The van der Waals surface area contributed by atoms with Crippen molar-refractivity contribution in [2.75, 3.05) is 33.9 Å². The minimum Gasteiger partial charge on any atom is -0.497 e. The average molecular weight is 341 g/mol. The Hall–Kier alpha value is -1.46. The molecule has 0 aliphatic carbocycles. The van der Waals surface area contributed by atoms with E-state index in [1.807, 2.05) is 30.1 Å². The van der Waals surface area contributed by atoms with E-state index < -0.39 is 0 Å². The molecule has 1 aromatic rings. The first-order chi connectivity index (χ1) is 10.7. The number of likely N-dealkylation sites (tertiary alicyclic amines) is 1. The van der Waals surface area contributed by atoms with Gasteiger partial charge in [0.15, 0.2) is 0 Å². The summed E-state index contributed by atoms with van der Waals surface area (Å²) in [6, 6.07) is 6.33. The number of fused-ring (bicyclic) bond motifs is 1. The fraction of sp³-hybridized carbons (Fsp3) is 0.588. The molecule has 0 radical (unpaired) electrons.